The lowest BCUT2D eigenvalue weighted by Gasteiger charge is -2.13. The molecule has 0 aliphatic rings. The number of pyridine rings is 2. The molecule has 3 aromatic rings. The van der Waals surface area contributed by atoms with Crippen LogP contribution in [-0.2, 0) is 11.2 Å². The van der Waals surface area contributed by atoms with Crippen LogP contribution < -0.4 is 5.56 Å². The van der Waals surface area contributed by atoms with Crippen molar-refractivity contribution in [1.82, 2.24) is 4.40 Å². The van der Waals surface area contributed by atoms with E-state index in [1.807, 2.05) is 17.5 Å². The maximum absolute atomic E-state index is 12.5. The highest BCUT2D eigenvalue weighted by atomic mass is 32.1. The number of fused-ring (bicyclic) bond motifs is 1. The van der Waals surface area contributed by atoms with Crippen LogP contribution in [0.3, 0.4) is 0 Å². The molecule has 0 aromatic carbocycles. The zero-order valence-corrected chi connectivity index (χ0v) is 13.3. The van der Waals surface area contributed by atoms with Gasteiger partial charge in [0.15, 0.2) is 5.56 Å². The summed E-state index contributed by atoms with van der Waals surface area (Å²) in [4.78, 5) is 25.6. The van der Waals surface area contributed by atoms with Crippen molar-refractivity contribution < 1.29 is 14.6 Å². The van der Waals surface area contributed by atoms with Crippen LogP contribution in [0.5, 0.6) is 5.75 Å². The number of esters is 1. The SMILES string of the molecule is CCOC(=O)c1c(O)c(Cc2cccs2)c2ccccn2c1=O. The van der Waals surface area contributed by atoms with Gasteiger partial charge in [-0.1, -0.05) is 12.1 Å². The molecule has 6 heteroatoms. The number of ether oxygens (including phenoxy) is 1. The van der Waals surface area contributed by atoms with E-state index in [9.17, 15) is 14.7 Å². The maximum atomic E-state index is 12.5. The second kappa shape index (κ2) is 6.26. The second-order valence-electron chi connectivity index (χ2n) is 4.94. The molecule has 0 bridgehead atoms. The molecule has 0 saturated heterocycles. The van der Waals surface area contributed by atoms with Gasteiger partial charge in [-0.3, -0.25) is 9.20 Å². The third-order valence-electron chi connectivity index (χ3n) is 3.54. The van der Waals surface area contributed by atoms with Crippen LogP contribution in [-0.4, -0.2) is 22.1 Å². The second-order valence-corrected chi connectivity index (χ2v) is 5.97. The predicted molar refractivity (Wildman–Crippen MR) is 88.4 cm³/mol. The van der Waals surface area contributed by atoms with Crippen LogP contribution in [0.25, 0.3) is 5.52 Å². The number of carbonyl (C=O) groups is 1. The smallest absolute Gasteiger partial charge is 0.347 e. The van der Waals surface area contributed by atoms with Gasteiger partial charge in [-0.15, -0.1) is 11.3 Å². The van der Waals surface area contributed by atoms with Gasteiger partial charge in [-0.2, -0.15) is 0 Å². The van der Waals surface area contributed by atoms with Crippen LogP contribution in [0.15, 0.2) is 46.7 Å². The molecule has 23 heavy (non-hydrogen) atoms. The first kappa shape index (κ1) is 15.3. The molecular weight excluding hydrogens is 314 g/mol. The summed E-state index contributed by atoms with van der Waals surface area (Å²) in [6.45, 7) is 1.79. The Morgan fingerprint density at radius 1 is 1.30 bits per heavy atom. The fourth-order valence-electron chi connectivity index (χ4n) is 2.51. The van der Waals surface area contributed by atoms with E-state index < -0.39 is 11.5 Å². The van der Waals surface area contributed by atoms with Crippen molar-refractivity contribution in [1.29, 1.82) is 0 Å². The fourth-order valence-corrected chi connectivity index (χ4v) is 3.23. The Hall–Kier alpha value is -2.60. The fraction of sp³-hybridized carbons (Fsp3) is 0.176. The lowest BCUT2D eigenvalue weighted by Crippen LogP contribution is -2.25. The van der Waals surface area contributed by atoms with E-state index in [1.54, 1.807) is 42.7 Å². The third-order valence-corrected chi connectivity index (χ3v) is 4.41. The number of aromatic hydroxyl groups is 1. The highest BCUT2D eigenvalue weighted by molar-refractivity contribution is 7.09. The quantitative estimate of drug-likeness (QED) is 0.747. The summed E-state index contributed by atoms with van der Waals surface area (Å²) in [5.74, 6) is -1.10. The van der Waals surface area contributed by atoms with Gasteiger partial charge >= 0.3 is 5.97 Å². The van der Waals surface area contributed by atoms with E-state index in [4.69, 9.17) is 4.74 Å². The number of rotatable bonds is 4. The molecule has 0 aliphatic heterocycles. The summed E-state index contributed by atoms with van der Waals surface area (Å²) in [5, 5.41) is 12.5. The Morgan fingerprint density at radius 2 is 2.13 bits per heavy atom. The third kappa shape index (κ3) is 2.73. The van der Waals surface area contributed by atoms with Crippen molar-refractivity contribution in [2.75, 3.05) is 6.61 Å². The average molecular weight is 329 g/mol. The molecule has 1 N–H and O–H groups in total. The molecule has 0 unspecified atom stereocenters. The Kier molecular flexibility index (Phi) is 4.16. The number of hydrogen-bond donors (Lipinski definition) is 1. The Balaban J connectivity index is 2.28. The average Bonchev–Trinajstić information content (AvgIpc) is 3.05. The molecule has 0 spiro atoms. The predicted octanol–water partition coefficient (Wildman–Crippen LogP) is 2.83. The minimum Gasteiger partial charge on any atom is -0.506 e. The Labute approximate surface area is 136 Å². The van der Waals surface area contributed by atoms with E-state index in [0.717, 1.165) is 4.88 Å². The van der Waals surface area contributed by atoms with E-state index in [0.29, 0.717) is 17.5 Å². The number of hydrogen-bond acceptors (Lipinski definition) is 5. The molecule has 3 heterocycles. The van der Waals surface area contributed by atoms with E-state index in [2.05, 4.69) is 0 Å². The lowest BCUT2D eigenvalue weighted by molar-refractivity contribution is 0.0520. The minimum absolute atomic E-state index is 0.134. The molecule has 0 atom stereocenters. The number of carbonyl (C=O) groups excluding carboxylic acids is 1. The molecule has 0 fully saturated rings. The maximum Gasteiger partial charge on any atom is 0.347 e. The zero-order chi connectivity index (χ0) is 16.4. The highest BCUT2D eigenvalue weighted by Crippen LogP contribution is 2.28. The van der Waals surface area contributed by atoms with Gasteiger partial charge in [0.1, 0.15) is 5.75 Å². The standard InChI is InChI=1S/C17H15NO4S/c1-2-22-17(21)14-15(19)12(10-11-6-5-9-23-11)13-7-3-4-8-18(13)16(14)20/h3-9,19H,2,10H2,1H3. The van der Waals surface area contributed by atoms with Crippen LogP contribution in [0.4, 0.5) is 0 Å². The molecule has 0 radical (unpaired) electrons. The molecule has 118 valence electrons. The monoisotopic (exact) mass is 329 g/mol. The Morgan fingerprint density at radius 3 is 2.83 bits per heavy atom. The molecule has 3 rings (SSSR count). The van der Waals surface area contributed by atoms with Gasteiger partial charge in [0, 0.05) is 23.1 Å². The van der Waals surface area contributed by atoms with Crippen molar-refractivity contribution in [3.05, 3.63) is 68.3 Å². The van der Waals surface area contributed by atoms with E-state index >= 15 is 0 Å². The lowest BCUT2D eigenvalue weighted by atomic mass is 10.0. The largest absolute Gasteiger partial charge is 0.506 e. The van der Waals surface area contributed by atoms with Crippen LogP contribution in [0.1, 0.15) is 27.7 Å². The summed E-state index contributed by atoms with van der Waals surface area (Å²) in [6.07, 6.45) is 2.02. The van der Waals surface area contributed by atoms with Crippen LogP contribution in [0.2, 0.25) is 0 Å². The van der Waals surface area contributed by atoms with E-state index in [-0.39, 0.29) is 17.9 Å². The zero-order valence-electron chi connectivity index (χ0n) is 12.5. The summed E-state index contributed by atoms with van der Waals surface area (Å²) in [7, 11) is 0. The summed E-state index contributed by atoms with van der Waals surface area (Å²) in [5.41, 5.74) is 0.223. The van der Waals surface area contributed by atoms with Gasteiger partial charge in [-0.25, -0.2) is 4.79 Å². The molecule has 0 amide bonds. The van der Waals surface area contributed by atoms with E-state index in [1.165, 1.54) is 4.40 Å². The van der Waals surface area contributed by atoms with Crippen molar-refractivity contribution in [2.45, 2.75) is 13.3 Å². The first-order valence-electron chi connectivity index (χ1n) is 7.18. The first-order valence-corrected chi connectivity index (χ1v) is 8.06. The topological polar surface area (TPSA) is 68.0 Å². The van der Waals surface area contributed by atoms with Crippen molar-refractivity contribution >= 4 is 22.8 Å². The van der Waals surface area contributed by atoms with Gasteiger partial charge < -0.3 is 9.84 Å². The number of thiophene rings is 1. The van der Waals surface area contributed by atoms with Gasteiger partial charge in [-0.05, 0) is 30.5 Å². The van der Waals surface area contributed by atoms with Crippen LogP contribution >= 0.6 is 11.3 Å². The summed E-state index contributed by atoms with van der Waals surface area (Å²) >= 11 is 1.55. The molecule has 3 aromatic heterocycles. The molecule has 5 nitrogen and oxygen atoms in total. The number of nitrogens with zero attached hydrogens (tertiary/aromatic N) is 1. The molecule has 0 aliphatic carbocycles. The normalized spacial score (nSPS) is 10.8. The summed E-state index contributed by atoms with van der Waals surface area (Å²) in [6, 6.07) is 9.10. The minimum atomic E-state index is -0.805. The molecule has 0 saturated carbocycles. The van der Waals surface area contributed by atoms with Gasteiger partial charge in [0.2, 0.25) is 0 Å². The summed E-state index contributed by atoms with van der Waals surface area (Å²) < 4.78 is 6.29. The molecular formula is C17H15NO4S. The first-order chi connectivity index (χ1) is 11.1. The van der Waals surface area contributed by atoms with Gasteiger partial charge in [0.25, 0.3) is 5.56 Å². The van der Waals surface area contributed by atoms with Gasteiger partial charge in [0.05, 0.1) is 12.1 Å². The Bertz CT molecular complexity index is 912. The van der Waals surface area contributed by atoms with Crippen molar-refractivity contribution in [3.8, 4) is 5.75 Å². The van der Waals surface area contributed by atoms with Crippen LogP contribution in [0, 0.1) is 0 Å². The van der Waals surface area contributed by atoms with Crippen molar-refractivity contribution in [2.24, 2.45) is 0 Å². The van der Waals surface area contributed by atoms with Crippen molar-refractivity contribution in [3.63, 3.8) is 0 Å². The number of aromatic nitrogens is 1. The highest BCUT2D eigenvalue weighted by Gasteiger charge is 2.24.